The van der Waals surface area contributed by atoms with Crippen LogP contribution in [0.2, 0.25) is 0 Å². The molecule has 2 N–H and O–H groups in total. The van der Waals surface area contributed by atoms with Gasteiger partial charge in [-0.05, 0) is 76.6 Å². The number of aliphatic imine (C=N–C) groups is 2. The van der Waals surface area contributed by atoms with E-state index in [0.717, 1.165) is 22.3 Å². The van der Waals surface area contributed by atoms with Crippen LogP contribution in [0.4, 0.5) is 17.1 Å². The number of nitrogen functional groups attached to an aromatic ring is 1. The van der Waals surface area contributed by atoms with Gasteiger partial charge in [-0.15, -0.1) is 0 Å². The zero-order valence-electron chi connectivity index (χ0n) is 30.5. The van der Waals surface area contributed by atoms with E-state index in [-0.39, 0.29) is 37.1 Å². The molecule has 0 aliphatic carbocycles. The number of anilines is 1. The quantitative estimate of drug-likeness (QED) is 0.170. The van der Waals surface area contributed by atoms with Gasteiger partial charge >= 0.3 is 0 Å². The molecular formula is C44H39N5O6. The number of fused-ring (bicyclic) bond motifs is 6. The number of ether oxygens (including phenoxy) is 4. The highest BCUT2D eigenvalue weighted by Gasteiger charge is 2.35. The van der Waals surface area contributed by atoms with E-state index in [2.05, 4.69) is 24.3 Å². The lowest BCUT2D eigenvalue weighted by Crippen LogP contribution is -2.44. The summed E-state index contributed by atoms with van der Waals surface area (Å²) < 4.78 is 24.0. The Morgan fingerprint density at radius 3 is 1.47 bits per heavy atom. The number of nitrogens with two attached hydrogens (primary N) is 1. The zero-order chi connectivity index (χ0) is 37.6. The minimum atomic E-state index is -0.139. The maximum absolute atomic E-state index is 13.8. The van der Waals surface area contributed by atoms with Gasteiger partial charge in [0.15, 0.2) is 23.0 Å². The van der Waals surface area contributed by atoms with E-state index in [9.17, 15) is 9.59 Å². The predicted molar refractivity (Wildman–Crippen MR) is 209 cm³/mol. The first-order valence-electron chi connectivity index (χ1n) is 18.3. The minimum absolute atomic E-state index is 0.0939. The lowest BCUT2D eigenvalue weighted by molar-refractivity contribution is 0.0696. The number of methoxy groups -OCH3 is 2. The molecule has 4 aliphatic heterocycles. The van der Waals surface area contributed by atoms with E-state index < -0.39 is 0 Å². The fourth-order valence-electron chi connectivity index (χ4n) is 7.93. The second kappa shape index (κ2) is 14.0. The second-order valence-corrected chi connectivity index (χ2v) is 14.2. The van der Waals surface area contributed by atoms with Crippen LogP contribution < -0.4 is 24.7 Å². The fourth-order valence-corrected chi connectivity index (χ4v) is 7.93. The monoisotopic (exact) mass is 733 g/mol. The lowest BCUT2D eigenvalue weighted by atomic mass is 9.94. The average Bonchev–Trinajstić information content (AvgIpc) is 3.42. The third-order valence-electron chi connectivity index (χ3n) is 10.8. The molecule has 5 aromatic carbocycles. The van der Waals surface area contributed by atoms with Crippen molar-refractivity contribution >= 4 is 41.3 Å². The Balaban J connectivity index is 0.913. The van der Waals surface area contributed by atoms with Crippen molar-refractivity contribution in [3.8, 4) is 23.0 Å². The summed E-state index contributed by atoms with van der Waals surface area (Å²) in [6.07, 6.45) is 5.13. The van der Waals surface area contributed by atoms with Gasteiger partial charge in [0.2, 0.25) is 0 Å². The Morgan fingerprint density at radius 2 is 1.04 bits per heavy atom. The molecule has 0 bridgehead atoms. The van der Waals surface area contributed by atoms with Crippen molar-refractivity contribution in [2.75, 3.05) is 20.0 Å². The van der Waals surface area contributed by atoms with E-state index in [0.29, 0.717) is 77.1 Å². The number of rotatable bonds is 8. The number of carbonyl (C=O) groups excluding carboxylic acids is 2. The van der Waals surface area contributed by atoms with Crippen LogP contribution in [0.5, 0.6) is 23.0 Å². The Kier molecular flexibility index (Phi) is 8.69. The minimum Gasteiger partial charge on any atom is -0.493 e. The molecule has 11 nitrogen and oxygen atoms in total. The maximum atomic E-state index is 13.8. The number of amides is 2. The summed E-state index contributed by atoms with van der Waals surface area (Å²) in [4.78, 5) is 40.8. The molecule has 0 spiro atoms. The van der Waals surface area contributed by atoms with Crippen molar-refractivity contribution < 1.29 is 28.5 Å². The van der Waals surface area contributed by atoms with Gasteiger partial charge in [-0.1, -0.05) is 48.5 Å². The number of carbonyl (C=O) groups is 2. The summed E-state index contributed by atoms with van der Waals surface area (Å²) >= 11 is 0. The van der Waals surface area contributed by atoms with E-state index in [4.69, 9.17) is 34.7 Å². The van der Waals surface area contributed by atoms with Crippen LogP contribution in [0.3, 0.4) is 0 Å². The van der Waals surface area contributed by atoms with Crippen LogP contribution in [-0.4, -0.2) is 60.3 Å². The predicted octanol–water partition coefficient (Wildman–Crippen LogP) is 7.01. The Labute approximate surface area is 318 Å². The standard InChI is InChI=1S/C44H39N5O6/c1-52-39-16-35-37(46-20-33-14-28-7-3-5-9-30(28)22-48(33)43(35)50)18-41(39)54-24-26-11-27(13-32(45)12-26)25-55-42-19-38-36(17-40(42)53-2)44(51)49-23-31-10-6-4-8-29(31)15-34(49)21-47-38/h3-13,16-21,33-34H,14-15,22-25,45H2,1-2H3/t33-,34-/m0/s1. The summed E-state index contributed by atoms with van der Waals surface area (Å²) in [5.74, 6) is 1.59. The summed E-state index contributed by atoms with van der Waals surface area (Å²) in [6.45, 7) is 1.40. The topological polar surface area (TPSA) is 128 Å². The molecule has 0 saturated carbocycles. The number of hydrogen-bond acceptors (Lipinski definition) is 9. The van der Waals surface area contributed by atoms with Crippen molar-refractivity contribution in [1.29, 1.82) is 0 Å². The van der Waals surface area contributed by atoms with Crippen molar-refractivity contribution in [3.05, 3.63) is 136 Å². The number of benzene rings is 5. The van der Waals surface area contributed by atoms with Gasteiger partial charge in [-0.2, -0.15) is 0 Å². The molecule has 11 heteroatoms. The molecule has 4 heterocycles. The summed E-state index contributed by atoms with van der Waals surface area (Å²) in [7, 11) is 3.10. The molecule has 0 fully saturated rings. The van der Waals surface area contributed by atoms with E-state index in [1.54, 1.807) is 38.5 Å². The Hall–Kier alpha value is -6.62. The molecule has 5 aromatic rings. The van der Waals surface area contributed by atoms with Crippen molar-refractivity contribution in [2.24, 2.45) is 9.98 Å². The van der Waals surface area contributed by atoms with E-state index >= 15 is 0 Å². The highest BCUT2D eigenvalue weighted by molar-refractivity contribution is 6.04. The van der Waals surface area contributed by atoms with Gasteiger partial charge in [0.25, 0.3) is 11.8 Å². The van der Waals surface area contributed by atoms with Crippen LogP contribution in [-0.2, 0) is 39.1 Å². The van der Waals surface area contributed by atoms with Crippen molar-refractivity contribution in [3.63, 3.8) is 0 Å². The molecule has 9 rings (SSSR count). The summed E-state index contributed by atoms with van der Waals surface area (Å²) in [5.41, 5.74) is 15.3. The molecule has 0 unspecified atom stereocenters. The van der Waals surface area contributed by atoms with Gasteiger partial charge in [0.05, 0.1) is 48.8 Å². The Morgan fingerprint density at radius 1 is 0.600 bits per heavy atom. The zero-order valence-corrected chi connectivity index (χ0v) is 30.5. The number of hydrogen-bond donors (Lipinski definition) is 1. The van der Waals surface area contributed by atoms with E-state index in [1.165, 1.54) is 11.1 Å². The maximum Gasteiger partial charge on any atom is 0.257 e. The van der Waals surface area contributed by atoms with Crippen LogP contribution in [0.25, 0.3) is 0 Å². The van der Waals surface area contributed by atoms with Crippen molar-refractivity contribution in [1.82, 2.24) is 9.80 Å². The highest BCUT2D eigenvalue weighted by atomic mass is 16.5. The molecule has 0 aromatic heterocycles. The highest BCUT2D eigenvalue weighted by Crippen LogP contribution is 2.40. The second-order valence-electron chi connectivity index (χ2n) is 14.2. The normalized spacial score (nSPS) is 17.8. The SMILES string of the molecule is COc1cc2c(cc1OCc1cc(N)cc(COc3cc4c(cc3OC)C(=O)N3Cc5ccccc5C[C@H]3C=N4)c1)N=C[C@@H]1Cc3ccccc3CN1C2=O. The first kappa shape index (κ1) is 34.2. The van der Waals surface area contributed by atoms with Gasteiger partial charge in [-0.25, -0.2) is 0 Å². The fraction of sp³-hybridized carbons (Fsp3) is 0.227. The van der Waals surface area contributed by atoms with Crippen LogP contribution in [0.1, 0.15) is 54.1 Å². The summed E-state index contributed by atoms with van der Waals surface area (Å²) in [5, 5.41) is 0. The third-order valence-corrected chi connectivity index (χ3v) is 10.8. The lowest BCUT2D eigenvalue weighted by Gasteiger charge is -2.34. The van der Waals surface area contributed by atoms with Crippen molar-refractivity contribution in [2.45, 2.75) is 51.2 Å². The third kappa shape index (κ3) is 6.41. The van der Waals surface area contributed by atoms with Gasteiger partial charge in [0, 0.05) is 43.3 Å². The van der Waals surface area contributed by atoms with Gasteiger partial charge in [-0.3, -0.25) is 19.6 Å². The van der Waals surface area contributed by atoms with Crippen LogP contribution >= 0.6 is 0 Å². The Bertz CT molecular complexity index is 2260. The largest absolute Gasteiger partial charge is 0.493 e. The molecule has 55 heavy (non-hydrogen) atoms. The average molecular weight is 734 g/mol. The summed E-state index contributed by atoms with van der Waals surface area (Å²) in [6, 6.07) is 28.7. The molecular weight excluding hydrogens is 695 g/mol. The molecule has 0 radical (unpaired) electrons. The van der Waals surface area contributed by atoms with Gasteiger partial charge in [0.1, 0.15) is 13.2 Å². The van der Waals surface area contributed by atoms with E-state index in [1.807, 2.05) is 64.7 Å². The van der Waals surface area contributed by atoms with Gasteiger partial charge < -0.3 is 34.5 Å². The molecule has 2 amide bonds. The first-order valence-corrected chi connectivity index (χ1v) is 18.3. The number of nitrogens with zero attached hydrogens (tertiary/aromatic N) is 4. The first-order chi connectivity index (χ1) is 26.8. The molecule has 276 valence electrons. The van der Waals surface area contributed by atoms with Crippen LogP contribution in [0.15, 0.2) is 101 Å². The molecule has 0 saturated heterocycles. The smallest absolute Gasteiger partial charge is 0.257 e. The molecule has 4 aliphatic rings. The van der Waals surface area contributed by atoms with Crippen LogP contribution in [0, 0.1) is 0 Å². The molecule has 2 atom stereocenters.